The van der Waals surface area contributed by atoms with Gasteiger partial charge in [0, 0.05) is 44.8 Å². The minimum Gasteiger partial charge on any atom is -0.351 e. The zero-order valence-corrected chi connectivity index (χ0v) is 14.3. The van der Waals surface area contributed by atoms with Crippen LogP contribution in [0.2, 0.25) is 0 Å². The minimum absolute atomic E-state index is 0.0573. The summed E-state index contributed by atoms with van der Waals surface area (Å²) in [5.41, 5.74) is 0.312. The van der Waals surface area contributed by atoms with Gasteiger partial charge in [0.1, 0.15) is 0 Å². The van der Waals surface area contributed by atoms with Crippen molar-refractivity contribution in [3.8, 4) is 0 Å². The first-order chi connectivity index (χ1) is 9.58. The summed E-state index contributed by atoms with van der Waals surface area (Å²) in [4.78, 5) is 22.4. The van der Waals surface area contributed by atoms with Crippen LogP contribution in [0.5, 0.6) is 0 Å². The Morgan fingerprint density at radius 3 is 2.95 bits per heavy atom. The second-order valence-electron chi connectivity index (χ2n) is 4.20. The number of nitro groups is 1. The average molecular weight is 424 g/mol. The molecule has 1 aliphatic rings. The largest absolute Gasteiger partial charge is 0.351 e. The van der Waals surface area contributed by atoms with E-state index in [2.05, 4.69) is 5.32 Å². The van der Waals surface area contributed by atoms with Gasteiger partial charge in [-0.1, -0.05) is 0 Å². The first kappa shape index (κ1) is 15.9. The molecule has 1 heterocycles. The van der Waals surface area contributed by atoms with Crippen molar-refractivity contribution in [3.05, 3.63) is 37.4 Å². The van der Waals surface area contributed by atoms with Gasteiger partial charge < -0.3 is 5.32 Å². The van der Waals surface area contributed by atoms with Crippen molar-refractivity contribution in [2.75, 3.05) is 23.8 Å². The Bertz CT molecular complexity index is 521. The third-order valence-electron chi connectivity index (χ3n) is 2.78. The van der Waals surface area contributed by atoms with Crippen LogP contribution in [0.3, 0.4) is 0 Å². The molecule has 0 bridgehead atoms. The van der Waals surface area contributed by atoms with Gasteiger partial charge in [0.15, 0.2) is 0 Å². The predicted molar refractivity (Wildman–Crippen MR) is 91.7 cm³/mol. The lowest BCUT2D eigenvalue weighted by Gasteiger charge is -2.21. The summed E-state index contributed by atoms with van der Waals surface area (Å²) in [5, 5.41) is 14.1. The van der Waals surface area contributed by atoms with Crippen LogP contribution in [0.1, 0.15) is 10.4 Å². The number of hydrogen-bond donors (Lipinski definition) is 1. The molecule has 108 valence electrons. The fourth-order valence-electron chi connectivity index (χ4n) is 1.76. The summed E-state index contributed by atoms with van der Waals surface area (Å²) in [6.45, 7) is 0.606. The van der Waals surface area contributed by atoms with Gasteiger partial charge in [0.05, 0.1) is 10.5 Å². The number of rotatable bonds is 4. The van der Waals surface area contributed by atoms with Crippen molar-refractivity contribution >= 4 is 57.7 Å². The van der Waals surface area contributed by atoms with Gasteiger partial charge in [-0.05, 0) is 28.7 Å². The predicted octanol–water partition coefficient (Wildman–Crippen LogP) is 2.78. The fraction of sp³-hybridized carbons (Fsp3) is 0.417. The van der Waals surface area contributed by atoms with Crippen molar-refractivity contribution < 1.29 is 9.72 Å². The van der Waals surface area contributed by atoms with E-state index in [0.29, 0.717) is 17.4 Å². The molecular formula is C12H13IN2O3S2. The van der Waals surface area contributed by atoms with Gasteiger partial charge in [-0.25, -0.2) is 0 Å². The molecule has 1 aliphatic heterocycles. The average Bonchev–Trinajstić information content (AvgIpc) is 2.46. The zero-order chi connectivity index (χ0) is 14.5. The van der Waals surface area contributed by atoms with E-state index >= 15 is 0 Å². The van der Waals surface area contributed by atoms with Gasteiger partial charge in [-0.3, -0.25) is 14.9 Å². The van der Waals surface area contributed by atoms with Crippen LogP contribution < -0.4 is 5.32 Å². The SMILES string of the molecule is O=C(NCC1CSCCS1)c1cc([N+](=O)[O-])ccc1I. The Kier molecular flexibility index (Phi) is 5.97. The lowest BCUT2D eigenvalue weighted by Crippen LogP contribution is -2.33. The van der Waals surface area contributed by atoms with Gasteiger partial charge in [0.25, 0.3) is 11.6 Å². The Morgan fingerprint density at radius 2 is 2.30 bits per heavy atom. The molecule has 2 rings (SSSR count). The highest BCUT2D eigenvalue weighted by Crippen LogP contribution is 2.24. The fourth-order valence-corrected chi connectivity index (χ4v) is 4.95. The summed E-state index contributed by atoms with van der Waals surface area (Å²) in [5.74, 6) is 3.07. The number of non-ortho nitro benzene ring substituents is 1. The maximum Gasteiger partial charge on any atom is 0.270 e. The lowest BCUT2D eigenvalue weighted by atomic mass is 10.2. The van der Waals surface area contributed by atoms with E-state index in [1.54, 1.807) is 6.07 Å². The summed E-state index contributed by atoms with van der Waals surface area (Å²) >= 11 is 5.78. The van der Waals surface area contributed by atoms with Gasteiger partial charge >= 0.3 is 0 Å². The molecule has 1 N–H and O–H groups in total. The minimum atomic E-state index is -0.486. The molecule has 0 radical (unpaired) electrons. The molecule has 0 spiro atoms. The quantitative estimate of drug-likeness (QED) is 0.457. The molecule has 0 saturated carbocycles. The number of nitrogens with zero attached hydrogens (tertiary/aromatic N) is 1. The Labute approximate surface area is 138 Å². The highest BCUT2D eigenvalue weighted by molar-refractivity contribution is 14.1. The standard InChI is InChI=1S/C12H13IN2O3S2/c13-11-2-1-8(15(17)18)5-10(11)12(16)14-6-9-7-19-3-4-20-9/h1-2,5,9H,3-4,6-7H2,(H,14,16). The Balaban J connectivity index is 2.00. The summed E-state index contributed by atoms with van der Waals surface area (Å²) in [7, 11) is 0. The number of halogens is 1. The maximum absolute atomic E-state index is 12.1. The second kappa shape index (κ2) is 7.51. The number of nitro benzene ring substituents is 1. The Hall–Kier alpha value is -0.480. The van der Waals surface area contributed by atoms with Gasteiger partial charge in [0.2, 0.25) is 0 Å². The van der Waals surface area contributed by atoms with E-state index in [9.17, 15) is 14.9 Å². The van der Waals surface area contributed by atoms with Crippen LogP contribution in [0.15, 0.2) is 18.2 Å². The number of amides is 1. The van der Waals surface area contributed by atoms with E-state index < -0.39 is 4.92 Å². The molecule has 5 nitrogen and oxygen atoms in total. The van der Waals surface area contributed by atoms with Crippen LogP contribution >= 0.6 is 46.1 Å². The highest BCUT2D eigenvalue weighted by atomic mass is 127. The topological polar surface area (TPSA) is 72.2 Å². The molecule has 1 aromatic rings. The van der Waals surface area contributed by atoms with Crippen molar-refractivity contribution in [2.24, 2.45) is 0 Å². The van der Waals surface area contributed by atoms with E-state index in [0.717, 1.165) is 20.8 Å². The molecule has 1 aromatic carbocycles. The van der Waals surface area contributed by atoms with Crippen molar-refractivity contribution in [1.29, 1.82) is 0 Å². The normalized spacial score (nSPS) is 18.6. The molecule has 1 atom stereocenters. The number of carbonyl (C=O) groups excluding carboxylic acids is 1. The third kappa shape index (κ3) is 4.26. The smallest absolute Gasteiger partial charge is 0.270 e. The molecular weight excluding hydrogens is 411 g/mol. The maximum atomic E-state index is 12.1. The van der Waals surface area contributed by atoms with Crippen LogP contribution in [-0.2, 0) is 0 Å². The van der Waals surface area contributed by atoms with Crippen LogP contribution in [-0.4, -0.2) is 39.9 Å². The van der Waals surface area contributed by atoms with E-state index in [1.807, 2.05) is 46.1 Å². The number of hydrogen-bond acceptors (Lipinski definition) is 5. The molecule has 0 aliphatic carbocycles. The molecule has 1 fully saturated rings. The zero-order valence-electron chi connectivity index (χ0n) is 10.5. The third-order valence-corrected chi connectivity index (χ3v) is 6.57. The summed E-state index contributed by atoms with van der Waals surface area (Å²) < 4.78 is 0.719. The molecule has 1 unspecified atom stereocenters. The summed E-state index contributed by atoms with van der Waals surface area (Å²) in [6.07, 6.45) is 0. The molecule has 1 saturated heterocycles. The molecule has 1 amide bonds. The van der Waals surface area contributed by atoms with E-state index in [-0.39, 0.29) is 11.6 Å². The van der Waals surface area contributed by atoms with Crippen molar-refractivity contribution in [3.63, 3.8) is 0 Å². The van der Waals surface area contributed by atoms with Gasteiger partial charge in [-0.15, -0.1) is 0 Å². The van der Waals surface area contributed by atoms with Crippen LogP contribution in [0.25, 0.3) is 0 Å². The summed E-state index contributed by atoms with van der Waals surface area (Å²) in [6, 6.07) is 4.34. The number of carbonyl (C=O) groups is 1. The van der Waals surface area contributed by atoms with E-state index in [4.69, 9.17) is 0 Å². The van der Waals surface area contributed by atoms with E-state index in [1.165, 1.54) is 12.1 Å². The van der Waals surface area contributed by atoms with Crippen LogP contribution in [0, 0.1) is 13.7 Å². The first-order valence-electron chi connectivity index (χ1n) is 5.99. The number of benzene rings is 1. The highest BCUT2D eigenvalue weighted by Gasteiger charge is 2.18. The monoisotopic (exact) mass is 424 g/mol. The van der Waals surface area contributed by atoms with Gasteiger partial charge in [-0.2, -0.15) is 23.5 Å². The van der Waals surface area contributed by atoms with Crippen molar-refractivity contribution in [1.82, 2.24) is 5.32 Å². The first-order valence-corrected chi connectivity index (χ1v) is 9.27. The van der Waals surface area contributed by atoms with Crippen molar-refractivity contribution in [2.45, 2.75) is 5.25 Å². The number of nitrogens with one attached hydrogen (secondary N) is 1. The van der Waals surface area contributed by atoms with Crippen LogP contribution in [0.4, 0.5) is 5.69 Å². The molecule has 20 heavy (non-hydrogen) atoms. The molecule has 0 aromatic heterocycles. The lowest BCUT2D eigenvalue weighted by molar-refractivity contribution is -0.384. The molecule has 8 heteroatoms. The second-order valence-corrected chi connectivity index (χ2v) is 7.92. The Morgan fingerprint density at radius 1 is 1.50 bits per heavy atom. The number of thioether (sulfide) groups is 2.